The van der Waals surface area contributed by atoms with Gasteiger partial charge in [0.2, 0.25) is 0 Å². The van der Waals surface area contributed by atoms with Crippen molar-refractivity contribution < 1.29 is 4.74 Å². The fourth-order valence-corrected chi connectivity index (χ4v) is 2.19. The summed E-state index contributed by atoms with van der Waals surface area (Å²) in [5, 5.41) is 7.62. The summed E-state index contributed by atoms with van der Waals surface area (Å²) in [4.78, 5) is 0. The normalized spacial score (nSPS) is 20.8. The molecule has 88 valence electrons. The number of halogens is 1. The van der Waals surface area contributed by atoms with E-state index in [1.165, 1.54) is 5.56 Å². The highest BCUT2D eigenvalue weighted by Crippen LogP contribution is 2.23. The van der Waals surface area contributed by atoms with Crippen molar-refractivity contribution in [2.45, 2.75) is 12.5 Å². The molecular weight excluding hydrogens is 224 g/mol. The van der Waals surface area contributed by atoms with Gasteiger partial charge in [-0.2, -0.15) is 0 Å². The maximum Gasteiger partial charge on any atom is 0.120 e. The van der Waals surface area contributed by atoms with Crippen molar-refractivity contribution >= 4 is 11.6 Å². The van der Waals surface area contributed by atoms with Crippen LogP contribution in [0.4, 0.5) is 0 Å². The first-order chi connectivity index (χ1) is 7.79. The molecule has 1 aliphatic heterocycles. The zero-order valence-electron chi connectivity index (χ0n) is 9.42. The molecule has 1 fully saturated rings. The zero-order chi connectivity index (χ0) is 11.4. The molecule has 3 nitrogen and oxygen atoms in total. The van der Waals surface area contributed by atoms with Gasteiger partial charge in [0.1, 0.15) is 5.75 Å². The number of ether oxygens (including phenoxy) is 1. The maximum atomic E-state index is 6.20. The van der Waals surface area contributed by atoms with Gasteiger partial charge in [0.05, 0.1) is 7.11 Å². The molecule has 1 atom stereocenters. The zero-order valence-corrected chi connectivity index (χ0v) is 10.2. The molecule has 16 heavy (non-hydrogen) atoms. The minimum atomic E-state index is 0.472. The van der Waals surface area contributed by atoms with Crippen LogP contribution in [0.2, 0.25) is 5.02 Å². The second kappa shape index (κ2) is 5.53. The van der Waals surface area contributed by atoms with Gasteiger partial charge in [-0.3, -0.25) is 0 Å². The van der Waals surface area contributed by atoms with E-state index in [1.54, 1.807) is 7.11 Å². The first kappa shape index (κ1) is 11.7. The molecule has 1 saturated heterocycles. The Morgan fingerprint density at radius 2 is 2.31 bits per heavy atom. The Hall–Kier alpha value is -0.770. The summed E-state index contributed by atoms with van der Waals surface area (Å²) in [6.07, 6.45) is 0.954. The molecule has 0 amide bonds. The molecule has 0 radical (unpaired) electrons. The molecule has 1 aromatic rings. The van der Waals surface area contributed by atoms with Crippen molar-refractivity contribution in [3.05, 3.63) is 28.8 Å². The molecule has 0 saturated carbocycles. The van der Waals surface area contributed by atoms with E-state index < -0.39 is 0 Å². The quantitative estimate of drug-likeness (QED) is 0.839. The lowest BCUT2D eigenvalue weighted by atomic mass is 10.0. The van der Waals surface area contributed by atoms with Gasteiger partial charge < -0.3 is 15.4 Å². The minimum Gasteiger partial charge on any atom is -0.497 e. The molecule has 1 unspecified atom stereocenters. The van der Waals surface area contributed by atoms with Crippen molar-refractivity contribution in [1.29, 1.82) is 0 Å². The van der Waals surface area contributed by atoms with E-state index in [2.05, 4.69) is 10.6 Å². The number of nitrogens with one attached hydrogen (secondary N) is 2. The molecule has 2 N–H and O–H groups in total. The highest BCUT2D eigenvalue weighted by Gasteiger charge is 2.14. The van der Waals surface area contributed by atoms with Gasteiger partial charge in [-0.25, -0.2) is 0 Å². The molecular formula is C12H17ClN2O. The summed E-state index contributed by atoms with van der Waals surface area (Å²) in [5.74, 6) is 0.809. The Morgan fingerprint density at radius 1 is 1.44 bits per heavy atom. The number of hydrogen-bond donors (Lipinski definition) is 2. The monoisotopic (exact) mass is 240 g/mol. The Balaban J connectivity index is 2.03. The van der Waals surface area contributed by atoms with E-state index in [1.807, 2.05) is 18.2 Å². The maximum absolute atomic E-state index is 6.20. The molecule has 4 heteroatoms. The molecule has 1 aromatic carbocycles. The van der Waals surface area contributed by atoms with Crippen molar-refractivity contribution in [3.8, 4) is 5.75 Å². The Kier molecular flexibility index (Phi) is 4.04. The highest BCUT2D eigenvalue weighted by molar-refractivity contribution is 6.31. The number of rotatable bonds is 3. The van der Waals surface area contributed by atoms with E-state index in [0.29, 0.717) is 6.04 Å². The van der Waals surface area contributed by atoms with Gasteiger partial charge in [-0.15, -0.1) is 0 Å². The first-order valence-corrected chi connectivity index (χ1v) is 5.94. The Labute approximate surface area is 101 Å². The summed E-state index contributed by atoms with van der Waals surface area (Å²) >= 11 is 6.20. The summed E-state index contributed by atoms with van der Waals surface area (Å²) in [6, 6.07) is 6.34. The smallest absolute Gasteiger partial charge is 0.120 e. The van der Waals surface area contributed by atoms with E-state index in [0.717, 1.165) is 36.8 Å². The molecule has 1 heterocycles. The largest absolute Gasteiger partial charge is 0.497 e. The van der Waals surface area contributed by atoms with Gasteiger partial charge in [-0.05, 0) is 24.1 Å². The SMILES string of the molecule is COc1ccc(CC2CNCCN2)c(Cl)c1. The highest BCUT2D eigenvalue weighted by atomic mass is 35.5. The van der Waals surface area contributed by atoms with E-state index in [-0.39, 0.29) is 0 Å². The topological polar surface area (TPSA) is 33.3 Å². The van der Waals surface area contributed by atoms with Crippen molar-refractivity contribution in [2.75, 3.05) is 26.7 Å². The van der Waals surface area contributed by atoms with Crippen molar-refractivity contribution in [1.82, 2.24) is 10.6 Å². The average molecular weight is 241 g/mol. The van der Waals surface area contributed by atoms with Gasteiger partial charge in [-0.1, -0.05) is 17.7 Å². The van der Waals surface area contributed by atoms with Crippen LogP contribution in [0.25, 0.3) is 0 Å². The summed E-state index contributed by atoms with van der Waals surface area (Å²) < 4.78 is 5.13. The van der Waals surface area contributed by atoms with Crippen LogP contribution in [-0.2, 0) is 6.42 Å². The summed E-state index contributed by atoms with van der Waals surface area (Å²) in [7, 11) is 1.65. The van der Waals surface area contributed by atoms with E-state index >= 15 is 0 Å². The first-order valence-electron chi connectivity index (χ1n) is 5.56. The fraction of sp³-hybridized carbons (Fsp3) is 0.500. The van der Waals surface area contributed by atoms with Gasteiger partial charge >= 0.3 is 0 Å². The van der Waals surface area contributed by atoms with Crippen LogP contribution in [0, 0.1) is 0 Å². The van der Waals surface area contributed by atoms with Crippen LogP contribution in [0.3, 0.4) is 0 Å². The van der Waals surface area contributed by atoms with Gasteiger partial charge in [0.15, 0.2) is 0 Å². The molecule has 1 aliphatic rings. The van der Waals surface area contributed by atoms with E-state index in [9.17, 15) is 0 Å². The summed E-state index contributed by atoms with van der Waals surface area (Å²) in [5.41, 5.74) is 1.17. The van der Waals surface area contributed by atoms with Crippen LogP contribution in [-0.4, -0.2) is 32.8 Å². The lowest BCUT2D eigenvalue weighted by Crippen LogP contribution is -2.49. The molecule has 0 aliphatic carbocycles. The predicted octanol–water partition coefficient (Wildman–Crippen LogP) is 1.45. The minimum absolute atomic E-state index is 0.472. The third-order valence-corrected chi connectivity index (χ3v) is 3.20. The van der Waals surface area contributed by atoms with Crippen molar-refractivity contribution in [3.63, 3.8) is 0 Å². The van der Waals surface area contributed by atoms with Crippen LogP contribution < -0.4 is 15.4 Å². The third-order valence-electron chi connectivity index (χ3n) is 2.85. The second-order valence-corrected chi connectivity index (χ2v) is 4.42. The lowest BCUT2D eigenvalue weighted by molar-refractivity contribution is 0.411. The summed E-state index contributed by atoms with van der Waals surface area (Å²) in [6.45, 7) is 3.08. The fourth-order valence-electron chi connectivity index (χ4n) is 1.94. The van der Waals surface area contributed by atoms with Crippen molar-refractivity contribution in [2.24, 2.45) is 0 Å². The Bertz CT molecular complexity index is 351. The van der Waals surface area contributed by atoms with Gasteiger partial charge in [0.25, 0.3) is 0 Å². The molecule has 0 aromatic heterocycles. The molecule has 0 bridgehead atoms. The molecule has 2 rings (SSSR count). The van der Waals surface area contributed by atoms with E-state index in [4.69, 9.17) is 16.3 Å². The van der Waals surface area contributed by atoms with Crippen LogP contribution in [0.15, 0.2) is 18.2 Å². The van der Waals surface area contributed by atoms with Gasteiger partial charge in [0, 0.05) is 30.7 Å². The third kappa shape index (κ3) is 2.88. The lowest BCUT2D eigenvalue weighted by Gasteiger charge is -2.24. The molecule has 0 spiro atoms. The number of methoxy groups -OCH3 is 1. The van der Waals surface area contributed by atoms with Crippen LogP contribution >= 0.6 is 11.6 Å². The number of piperazine rings is 1. The van der Waals surface area contributed by atoms with Crippen LogP contribution in [0.5, 0.6) is 5.75 Å². The average Bonchev–Trinajstić information content (AvgIpc) is 2.33. The van der Waals surface area contributed by atoms with Crippen LogP contribution in [0.1, 0.15) is 5.56 Å². The Morgan fingerprint density at radius 3 is 2.94 bits per heavy atom. The number of benzene rings is 1. The predicted molar refractivity (Wildman–Crippen MR) is 66.4 cm³/mol. The number of hydrogen-bond acceptors (Lipinski definition) is 3. The second-order valence-electron chi connectivity index (χ2n) is 4.02. The standard InChI is InChI=1S/C12H17ClN2O/c1-16-11-3-2-9(12(13)7-11)6-10-8-14-4-5-15-10/h2-3,7,10,14-15H,4-6,8H2,1H3.